The molecular formula is C12H16N4O. The molecule has 2 rings (SSSR count). The van der Waals surface area contributed by atoms with Crippen molar-refractivity contribution in [1.82, 2.24) is 14.8 Å². The first-order chi connectivity index (χ1) is 8.24. The summed E-state index contributed by atoms with van der Waals surface area (Å²) in [6.07, 6.45) is 1.84. The number of rotatable bonds is 4. The van der Waals surface area contributed by atoms with E-state index in [1.54, 1.807) is 11.8 Å². The van der Waals surface area contributed by atoms with Crippen LogP contribution in [0.4, 0.5) is 5.95 Å². The second-order valence-electron chi connectivity index (χ2n) is 3.75. The largest absolute Gasteiger partial charge is 0.497 e. The summed E-state index contributed by atoms with van der Waals surface area (Å²) in [4.78, 5) is 4.22. The lowest BCUT2D eigenvalue weighted by molar-refractivity contribution is 0.414. The van der Waals surface area contributed by atoms with E-state index >= 15 is 0 Å². The summed E-state index contributed by atoms with van der Waals surface area (Å²) in [7, 11) is 1.63. The van der Waals surface area contributed by atoms with Crippen LogP contribution in [0.2, 0.25) is 0 Å². The van der Waals surface area contributed by atoms with Gasteiger partial charge < -0.3 is 10.5 Å². The lowest BCUT2D eigenvalue weighted by Gasteiger charge is -2.04. The Morgan fingerprint density at radius 2 is 2.24 bits per heavy atom. The molecule has 0 spiro atoms. The standard InChI is InChI=1S/C12H16N4O/c1-3-5-11-14-12(13)16(15-11)9-6-4-7-10(8-9)17-2/h4,6-8H,3,5H2,1-2H3,(H2,13,14,15). The van der Waals surface area contributed by atoms with E-state index < -0.39 is 0 Å². The zero-order chi connectivity index (χ0) is 12.3. The Hall–Kier alpha value is -2.04. The Kier molecular flexibility index (Phi) is 3.27. The fourth-order valence-electron chi connectivity index (χ4n) is 1.63. The number of nitrogens with zero attached hydrogens (tertiary/aromatic N) is 3. The van der Waals surface area contributed by atoms with Gasteiger partial charge in [-0.25, -0.2) is 0 Å². The molecule has 0 saturated heterocycles. The van der Waals surface area contributed by atoms with Crippen LogP contribution in [0.5, 0.6) is 5.75 Å². The van der Waals surface area contributed by atoms with Crippen molar-refractivity contribution in [2.45, 2.75) is 19.8 Å². The van der Waals surface area contributed by atoms with Gasteiger partial charge in [-0.2, -0.15) is 9.67 Å². The second-order valence-corrected chi connectivity index (χ2v) is 3.75. The van der Waals surface area contributed by atoms with Crippen LogP contribution in [0.1, 0.15) is 19.2 Å². The summed E-state index contributed by atoms with van der Waals surface area (Å²) in [6.45, 7) is 2.09. The van der Waals surface area contributed by atoms with E-state index in [0.29, 0.717) is 5.95 Å². The van der Waals surface area contributed by atoms with E-state index in [9.17, 15) is 0 Å². The van der Waals surface area contributed by atoms with Crippen molar-refractivity contribution in [3.63, 3.8) is 0 Å². The zero-order valence-electron chi connectivity index (χ0n) is 10.1. The van der Waals surface area contributed by atoms with Crippen LogP contribution in [-0.2, 0) is 6.42 Å². The molecule has 0 bridgehead atoms. The normalized spacial score (nSPS) is 10.5. The number of hydrogen-bond acceptors (Lipinski definition) is 4. The lowest BCUT2D eigenvalue weighted by Crippen LogP contribution is -2.02. The molecule has 0 unspecified atom stereocenters. The quantitative estimate of drug-likeness (QED) is 0.873. The highest BCUT2D eigenvalue weighted by atomic mass is 16.5. The third kappa shape index (κ3) is 2.38. The summed E-state index contributed by atoms with van der Waals surface area (Å²) >= 11 is 0. The van der Waals surface area contributed by atoms with E-state index in [2.05, 4.69) is 17.0 Å². The number of anilines is 1. The average molecular weight is 232 g/mol. The summed E-state index contributed by atoms with van der Waals surface area (Å²) in [5.74, 6) is 1.95. The molecule has 90 valence electrons. The van der Waals surface area contributed by atoms with Gasteiger partial charge in [0.05, 0.1) is 12.8 Å². The first-order valence-electron chi connectivity index (χ1n) is 5.60. The Balaban J connectivity index is 2.37. The molecule has 1 aromatic heterocycles. The number of nitrogens with two attached hydrogens (primary N) is 1. The van der Waals surface area contributed by atoms with Crippen LogP contribution in [-0.4, -0.2) is 21.9 Å². The van der Waals surface area contributed by atoms with Gasteiger partial charge in [0.25, 0.3) is 0 Å². The van der Waals surface area contributed by atoms with Crippen molar-refractivity contribution in [3.05, 3.63) is 30.1 Å². The molecule has 0 aliphatic rings. The van der Waals surface area contributed by atoms with Crippen molar-refractivity contribution in [2.24, 2.45) is 0 Å². The van der Waals surface area contributed by atoms with E-state index in [4.69, 9.17) is 10.5 Å². The van der Waals surface area contributed by atoms with Gasteiger partial charge in [0.1, 0.15) is 5.75 Å². The summed E-state index contributed by atoms with van der Waals surface area (Å²) < 4.78 is 6.80. The van der Waals surface area contributed by atoms with E-state index in [-0.39, 0.29) is 0 Å². The van der Waals surface area contributed by atoms with Gasteiger partial charge in [0.15, 0.2) is 5.82 Å². The molecule has 5 heteroatoms. The first kappa shape index (κ1) is 11.4. The van der Waals surface area contributed by atoms with Gasteiger partial charge in [-0.15, -0.1) is 5.10 Å². The molecule has 0 saturated carbocycles. The van der Waals surface area contributed by atoms with Crippen LogP contribution in [0.3, 0.4) is 0 Å². The van der Waals surface area contributed by atoms with Crippen molar-refractivity contribution in [3.8, 4) is 11.4 Å². The molecule has 0 aliphatic carbocycles. The Morgan fingerprint density at radius 3 is 2.94 bits per heavy atom. The molecular weight excluding hydrogens is 216 g/mol. The number of aryl methyl sites for hydroxylation is 1. The van der Waals surface area contributed by atoms with Crippen molar-refractivity contribution in [2.75, 3.05) is 12.8 Å². The molecule has 5 nitrogen and oxygen atoms in total. The molecule has 0 atom stereocenters. The highest BCUT2D eigenvalue weighted by molar-refractivity contribution is 5.42. The number of nitrogen functional groups attached to an aromatic ring is 1. The van der Waals surface area contributed by atoms with Gasteiger partial charge in [-0.3, -0.25) is 0 Å². The zero-order valence-corrected chi connectivity index (χ0v) is 10.1. The second kappa shape index (κ2) is 4.86. The third-order valence-corrected chi connectivity index (χ3v) is 2.45. The van der Waals surface area contributed by atoms with E-state index in [1.807, 2.05) is 24.3 Å². The number of aromatic nitrogens is 3. The molecule has 2 N–H and O–H groups in total. The molecule has 2 aromatic rings. The first-order valence-corrected chi connectivity index (χ1v) is 5.60. The van der Waals surface area contributed by atoms with Gasteiger partial charge in [-0.05, 0) is 18.6 Å². The SMILES string of the molecule is CCCc1nc(N)n(-c2cccc(OC)c2)n1. The molecule has 0 fully saturated rings. The molecule has 0 radical (unpaired) electrons. The predicted octanol–water partition coefficient (Wildman–Crippen LogP) is 1.81. The maximum atomic E-state index is 5.84. The van der Waals surface area contributed by atoms with Gasteiger partial charge in [0.2, 0.25) is 5.95 Å². The topological polar surface area (TPSA) is 66.0 Å². The van der Waals surface area contributed by atoms with E-state index in [1.165, 1.54) is 0 Å². The minimum atomic E-state index is 0.404. The Bertz CT molecular complexity index is 507. The van der Waals surface area contributed by atoms with Gasteiger partial charge >= 0.3 is 0 Å². The summed E-state index contributed by atoms with van der Waals surface area (Å²) in [6, 6.07) is 7.57. The molecule has 0 amide bonds. The minimum Gasteiger partial charge on any atom is -0.497 e. The highest BCUT2D eigenvalue weighted by Gasteiger charge is 2.08. The maximum absolute atomic E-state index is 5.84. The minimum absolute atomic E-state index is 0.404. The summed E-state index contributed by atoms with van der Waals surface area (Å²) in [5.41, 5.74) is 6.70. The predicted molar refractivity (Wildman–Crippen MR) is 66.3 cm³/mol. The number of benzene rings is 1. The summed E-state index contributed by atoms with van der Waals surface area (Å²) in [5, 5.41) is 4.37. The molecule has 1 aromatic carbocycles. The van der Waals surface area contributed by atoms with Crippen LogP contribution in [0.15, 0.2) is 24.3 Å². The lowest BCUT2D eigenvalue weighted by atomic mass is 10.3. The Morgan fingerprint density at radius 1 is 1.41 bits per heavy atom. The monoisotopic (exact) mass is 232 g/mol. The highest BCUT2D eigenvalue weighted by Crippen LogP contribution is 2.18. The number of ether oxygens (including phenoxy) is 1. The maximum Gasteiger partial charge on any atom is 0.223 e. The average Bonchev–Trinajstić information content (AvgIpc) is 2.71. The van der Waals surface area contributed by atoms with Crippen LogP contribution >= 0.6 is 0 Å². The van der Waals surface area contributed by atoms with Gasteiger partial charge in [-0.1, -0.05) is 13.0 Å². The number of methoxy groups -OCH3 is 1. The smallest absolute Gasteiger partial charge is 0.223 e. The fraction of sp³-hybridized carbons (Fsp3) is 0.333. The molecule has 17 heavy (non-hydrogen) atoms. The Labute approximate surface area is 100 Å². The van der Waals surface area contributed by atoms with Crippen LogP contribution in [0.25, 0.3) is 5.69 Å². The van der Waals surface area contributed by atoms with Crippen molar-refractivity contribution >= 4 is 5.95 Å². The molecule has 1 heterocycles. The fourth-order valence-corrected chi connectivity index (χ4v) is 1.63. The van der Waals surface area contributed by atoms with Crippen LogP contribution in [0, 0.1) is 0 Å². The molecule has 0 aliphatic heterocycles. The van der Waals surface area contributed by atoms with E-state index in [0.717, 1.165) is 30.1 Å². The van der Waals surface area contributed by atoms with Crippen molar-refractivity contribution in [1.29, 1.82) is 0 Å². The third-order valence-electron chi connectivity index (χ3n) is 2.45. The number of hydrogen-bond donors (Lipinski definition) is 1. The van der Waals surface area contributed by atoms with Crippen LogP contribution < -0.4 is 10.5 Å². The van der Waals surface area contributed by atoms with Gasteiger partial charge in [0, 0.05) is 12.5 Å². The van der Waals surface area contributed by atoms with Crippen molar-refractivity contribution < 1.29 is 4.74 Å².